The van der Waals surface area contributed by atoms with E-state index in [-0.39, 0.29) is 12.5 Å². The number of rotatable bonds is 3. The van der Waals surface area contributed by atoms with Gasteiger partial charge in [0.05, 0.1) is 5.69 Å². The van der Waals surface area contributed by atoms with E-state index in [1.165, 1.54) is 11.5 Å². The van der Waals surface area contributed by atoms with Crippen molar-refractivity contribution in [2.24, 2.45) is 5.92 Å². The summed E-state index contributed by atoms with van der Waals surface area (Å²) in [6, 6.07) is 0. The molecular formula is C11H17N3O2S. The first-order valence-corrected chi connectivity index (χ1v) is 6.68. The average molecular weight is 255 g/mol. The predicted molar refractivity (Wildman–Crippen MR) is 65.0 cm³/mol. The van der Waals surface area contributed by atoms with Crippen molar-refractivity contribution in [3.05, 3.63) is 10.6 Å². The maximum Gasteiger partial charge on any atom is 0.267 e. The maximum absolute atomic E-state index is 12.2. The topological polar surface area (TPSA) is 66.3 Å². The van der Waals surface area contributed by atoms with Crippen LogP contribution in [0.1, 0.15) is 34.6 Å². The van der Waals surface area contributed by atoms with E-state index in [1.807, 2.05) is 11.8 Å². The van der Waals surface area contributed by atoms with Crippen LogP contribution in [-0.4, -0.2) is 45.2 Å². The molecule has 17 heavy (non-hydrogen) atoms. The molecule has 0 aliphatic carbocycles. The van der Waals surface area contributed by atoms with Crippen molar-refractivity contribution in [3.63, 3.8) is 0 Å². The molecular weight excluding hydrogens is 238 g/mol. The van der Waals surface area contributed by atoms with E-state index in [4.69, 9.17) is 5.11 Å². The summed E-state index contributed by atoms with van der Waals surface area (Å²) in [6.07, 6.45) is 2.82. The lowest BCUT2D eigenvalue weighted by Crippen LogP contribution is -2.38. The van der Waals surface area contributed by atoms with Gasteiger partial charge >= 0.3 is 0 Å². The summed E-state index contributed by atoms with van der Waals surface area (Å²) in [5, 5.41) is 12.7. The first-order chi connectivity index (χ1) is 8.22. The van der Waals surface area contributed by atoms with E-state index in [1.54, 1.807) is 0 Å². The van der Waals surface area contributed by atoms with Crippen molar-refractivity contribution in [2.75, 3.05) is 19.7 Å². The molecule has 0 saturated carbocycles. The summed E-state index contributed by atoms with van der Waals surface area (Å²) in [6.45, 7) is 3.62. The third-order valence-electron chi connectivity index (χ3n) is 3.28. The lowest BCUT2D eigenvalue weighted by atomic mass is 9.94. The van der Waals surface area contributed by atoms with Gasteiger partial charge in [0.25, 0.3) is 5.91 Å². The van der Waals surface area contributed by atoms with Gasteiger partial charge in [-0.15, -0.1) is 5.10 Å². The van der Waals surface area contributed by atoms with Crippen LogP contribution >= 0.6 is 11.5 Å². The molecule has 0 unspecified atom stereocenters. The van der Waals surface area contributed by atoms with E-state index in [9.17, 15) is 4.79 Å². The molecule has 1 fully saturated rings. The SMILES string of the molecule is Cc1nnsc1C(=O)N1CCC(CCO)CC1. The molecule has 1 aromatic heterocycles. The van der Waals surface area contributed by atoms with Crippen LogP contribution < -0.4 is 0 Å². The Kier molecular flexibility index (Phi) is 4.06. The monoisotopic (exact) mass is 255 g/mol. The van der Waals surface area contributed by atoms with Crippen molar-refractivity contribution in [2.45, 2.75) is 26.2 Å². The van der Waals surface area contributed by atoms with E-state index in [0.717, 1.165) is 38.0 Å². The molecule has 0 radical (unpaired) electrons. The third kappa shape index (κ3) is 2.81. The summed E-state index contributed by atoms with van der Waals surface area (Å²) in [5.74, 6) is 0.615. The number of aliphatic hydroxyl groups is 1. The Hall–Kier alpha value is -1.01. The summed E-state index contributed by atoms with van der Waals surface area (Å²) in [7, 11) is 0. The highest BCUT2D eigenvalue weighted by atomic mass is 32.1. The minimum atomic E-state index is 0.0555. The molecule has 0 aromatic carbocycles. The Morgan fingerprint density at radius 2 is 2.24 bits per heavy atom. The fraction of sp³-hybridized carbons (Fsp3) is 0.727. The predicted octanol–water partition coefficient (Wildman–Crippen LogP) is 1.08. The zero-order valence-electron chi connectivity index (χ0n) is 9.93. The van der Waals surface area contributed by atoms with Crippen LogP contribution in [0.4, 0.5) is 0 Å². The number of aromatic nitrogens is 2. The number of hydrogen-bond acceptors (Lipinski definition) is 5. The molecule has 1 aliphatic rings. The summed E-state index contributed by atoms with van der Waals surface area (Å²) < 4.78 is 3.79. The molecule has 1 aromatic rings. The van der Waals surface area contributed by atoms with Crippen LogP contribution in [0.3, 0.4) is 0 Å². The smallest absolute Gasteiger partial charge is 0.267 e. The number of nitrogens with zero attached hydrogens (tertiary/aromatic N) is 3. The van der Waals surface area contributed by atoms with Gasteiger partial charge in [-0.05, 0) is 43.6 Å². The molecule has 0 spiro atoms. The second kappa shape index (κ2) is 5.55. The second-order valence-electron chi connectivity index (χ2n) is 4.44. The van der Waals surface area contributed by atoms with Crippen molar-refractivity contribution in [3.8, 4) is 0 Å². The van der Waals surface area contributed by atoms with Gasteiger partial charge in [-0.3, -0.25) is 4.79 Å². The zero-order chi connectivity index (χ0) is 12.3. The van der Waals surface area contributed by atoms with Gasteiger partial charge in [-0.2, -0.15) is 0 Å². The Bertz CT molecular complexity index is 386. The number of carbonyl (C=O) groups excluding carboxylic acids is 1. The van der Waals surface area contributed by atoms with Crippen LogP contribution in [-0.2, 0) is 0 Å². The van der Waals surface area contributed by atoms with E-state index in [0.29, 0.717) is 10.8 Å². The number of aryl methyl sites for hydroxylation is 1. The number of piperidine rings is 1. The minimum absolute atomic E-state index is 0.0555. The van der Waals surface area contributed by atoms with E-state index in [2.05, 4.69) is 9.59 Å². The first-order valence-electron chi connectivity index (χ1n) is 5.91. The van der Waals surface area contributed by atoms with Gasteiger partial charge in [0.1, 0.15) is 4.88 Å². The summed E-state index contributed by atoms with van der Waals surface area (Å²) in [4.78, 5) is 14.7. The Morgan fingerprint density at radius 3 is 2.76 bits per heavy atom. The summed E-state index contributed by atoms with van der Waals surface area (Å²) in [5.41, 5.74) is 0.720. The molecule has 0 atom stereocenters. The van der Waals surface area contributed by atoms with E-state index >= 15 is 0 Å². The molecule has 5 nitrogen and oxygen atoms in total. The zero-order valence-corrected chi connectivity index (χ0v) is 10.7. The molecule has 1 aliphatic heterocycles. The highest BCUT2D eigenvalue weighted by Crippen LogP contribution is 2.22. The largest absolute Gasteiger partial charge is 0.396 e. The van der Waals surface area contributed by atoms with Gasteiger partial charge in [-0.25, -0.2) is 0 Å². The molecule has 1 N–H and O–H groups in total. The number of hydrogen-bond donors (Lipinski definition) is 1. The van der Waals surface area contributed by atoms with Crippen molar-refractivity contribution in [1.29, 1.82) is 0 Å². The maximum atomic E-state index is 12.2. The summed E-state index contributed by atoms with van der Waals surface area (Å²) >= 11 is 1.17. The number of aliphatic hydroxyl groups excluding tert-OH is 1. The Morgan fingerprint density at radius 1 is 1.53 bits per heavy atom. The highest BCUT2D eigenvalue weighted by Gasteiger charge is 2.25. The van der Waals surface area contributed by atoms with Crippen molar-refractivity contribution < 1.29 is 9.90 Å². The van der Waals surface area contributed by atoms with Crippen LogP contribution in [0.15, 0.2) is 0 Å². The highest BCUT2D eigenvalue weighted by molar-refractivity contribution is 7.07. The standard InChI is InChI=1S/C11H17N3O2S/c1-8-10(17-13-12-8)11(16)14-5-2-9(3-6-14)4-7-15/h9,15H,2-7H2,1H3. The first kappa shape index (κ1) is 12.4. The average Bonchev–Trinajstić information content (AvgIpc) is 2.76. The van der Waals surface area contributed by atoms with Crippen molar-refractivity contribution in [1.82, 2.24) is 14.5 Å². The third-order valence-corrected chi connectivity index (χ3v) is 4.10. The normalized spacial score (nSPS) is 17.4. The fourth-order valence-corrected chi connectivity index (χ4v) is 2.80. The Balaban J connectivity index is 1.93. The van der Waals surface area contributed by atoms with Gasteiger partial charge in [0.2, 0.25) is 0 Å². The van der Waals surface area contributed by atoms with Crippen LogP contribution in [0, 0.1) is 12.8 Å². The number of carbonyl (C=O) groups is 1. The van der Waals surface area contributed by atoms with Crippen LogP contribution in [0.2, 0.25) is 0 Å². The van der Waals surface area contributed by atoms with Gasteiger partial charge in [0.15, 0.2) is 0 Å². The molecule has 1 saturated heterocycles. The molecule has 2 heterocycles. The quantitative estimate of drug-likeness (QED) is 0.877. The number of likely N-dealkylation sites (tertiary alicyclic amines) is 1. The van der Waals surface area contributed by atoms with Gasteiger partial charge in [0, 0.05) is 19.7 Å². The molecule has 1 amide bonds. The van der Waals surface area contributed by atoms with E-state index < -0.39 is 0 Å². The second-order valence-corrected chi connectivity index (χ2v) is 5.19. The van der Waals surface area contributed by atoms with Gasteiger partial charge in [-0.1, -0.05) is 4.49 Å². The number of amides is 1. The van der Waals surface area contributed by atoms with Crippen molar-refractivity contribution >= 4 is 17.4 Å². The molecule has 94 valence electrons. The lowest BCUT2D eigenvalue weighted by Gasteiger charge is -2.31. The molecule has 2 rings (SSSR count). The van der Waals surface area contributed by atoms with Gasteiger partial charge < -0.3 is 10.0 Å². The molecule has 6 heteroatoms. The lowest BCUT2D eigenvalue weighted by molar-refractivity contribution is 0.0682. The van der Waals surface area contributed by atoms with Crippen LogP contribution in [0.5, 0.6) is 0 Å². The molecule has 0 bridgehead atoms. The van der Waals surface area contributed by atoms with Crippen LogP contribution in [0.25, 0.3) is 0 Å². The fourth-order valence-electron chi connectivity index (χ4n) is 2.18. The minimum Gasteiger partial charge on any atom is -0.396 e. The Labute approximate surface area is 105 Å².